The van der Waals surface area contributed by atoms with Gasteiger partial charge in [0.25, 0.3) is 0 Å². The molecule has 7 nitrogen and oxygen atoms in total. The highest BCUT2D eigenvalue weighted by atomic mass is 32.2. The molecule has 1 aliphatic heterocycles. The van der Waals surface area contributed by atoms with E-state index in [9.17, 15) is 13.2 Å². The summed E-state index contributed by atoms with van der Waals surface area (Å²) < 4.78 is 25.0. The third-order valence-electron chi connectivity index (χ3n) is 4.67. The summed E-state index contributed by atoms with van der Waals surface area (Å²) in [5, 5.41) is 5.12. The van der Waals surface area contributed by atoms with Crippen molar-refractivity contribution in [3.05, 3.63) is 22.4 Å². The van der Waals surface area contributed by atoms with Crippen LogP contribution in [0.3, 0.4) is 0 Å². The van der Waals surface area contributed by atoms with Crippen LogP contribution in [-0.2, 0) is 10.0 Å². The van der Waals surface area contributed by atoms with Crippen LogP contribution in [0.2, 0.25) is 0 Å². The Morgan fingerprint density at radius 2 is 2.19 bits per heavy atom. The minimum atomic E-state index is -3.19. The molecule has 1 saturated heterocycles. The predicted molar refractivity (Wildman–Crippen MR) is 106 cm³/mol. The number of piperidine rings is 1. The molecule has 1 aliphatic rings. The quantitative estimate of drug-likeness (QED) is 0.695. The molecule has 26 heavy (non-hydrogen) atoms. The van der Waals surface area contributed by atoms with Gasteiger partial charge in [0.05, 0.1) is 12.3 Å². The maximum absolute atomic E-state index is 12.7. The normalized spacial score (nSPS) is 19.5. The lowest BCUT2D eigenvalue weighted by atomic mass is 10.00. The largest absolute Gasteiger partial charge is 0.336 e. The van der Waals surface area contributed by atoms with Crippen molar-refractivity contribution in [3.63, 3.8) is 0 Å². The second-order valence-corrected chi connectivity index (χ2v) is 9.79. The molecule has 148 valence electrons. The van der Waals surface area contributed by atoms with Crippen LogP contribution in [-0.4, -0.2) is 70.3 Å². The highest BCUT2D eigenvalue weighted by Crippen LogP contribution is 2.23. The van der Waals surface area contributed by atoms with Gasteiger partial charge in [0.2, 0.25) is 10.0 Å². The van der Waals surface area contributed by atoms with Gasteiger partial charge < -0.3 is 15.1 Å². The van der Waals surface area contributed by atoms with Crippen LogP contribution in [0, 0.1) is 0 Å². The summed E-state index contributed by atoms with van der Waals surface area (Å²) >= 11 is 1.69. The van der Waals surface area contributed by atoms with Crippen LogP contribution < -0.4 is 10.0 Å². The van der Waals surface area contributed by atoms with Gasteiger partial charge in [0.15, 0.2) is 0 Å². The van der Waals surface area contributed by atoms with Crippen molar-refractivity contribution in [1.82, 2.24) is 19.8 Å². The van der Waals surface area contributed by atoms with E-state index in [-0.39, 0.29) is 18.1 Å². The number of likely N-dealkylation sites (tertiary alicyclic amines) is 1. The summed E-state index contributed by atoms with van der Waals surface area (Å²) in [7, 11) is 0.830. The van der Waals surface area contributed by atoms with Gasteiger partial charge in [-0.2, -0.15) is 0 Å². The highest BCUT2D eigenvalue weighted by Gasteiger charge is 2.27. The first-order valence-electron chi connectivity index (χ1n) is 8.97. The Labute approximate surface area is 160 Å². The van der Waals surface area contributed by atoms with Gasteiger partial charge >= 0.3 is 6.03 Å². The number of urea groups is 1. The summed E-state index contributed by atoms with van der Waals surface area (Å²) in [6.07, 6.45) is 4.78. The number of nitrogens with one attached hydrogen (secondary N) is 2. The molecular weight excluding hydrogens is 372 g/mol. The molecule has 0 saturated carbocycles. The molecule has 0 aromatic carbocycles. The lowest BCUT2D eigenvalue weighted by Gasteiger charge is -2.36. The summed E-state index contributed by atoms with van der Waals surface area (Å²) in [5.74, 6) is 0. The zero-order valence-corrected chi connectivity index (χ0v) is 17.4. The lowest BCUT2D eigenvalue weighted by molar-refractivity contribution is 0.144. The van der Waals surface area contributed by atoms with E-state index in [4.69, 9.17) is 0 Å². The summed E-state index contributed by atoms with van der Waals surface area (Å²) in [6, 6.07) is 4.28. The average molecular weight is 403 g/mol. The van der Waals surface area contributed by atoms with E-state index in [0.717, 1.165) is 32.1 Å². The molecule has 2 amide bonds. The monoisotopic (exact) mass is 402 g/mol. The topological polar surface area (TPSA) is 81.8 Å². The number of thiophene rings is 1. The molecule has 2 rings (SSSR count). The van der Waals surface area contributed by atoms with Crippen LogP contribution in [0.5, 0.6) is 0 Å². The van der Waals surface area contributed by atoms with E-state index in [1.165, 1.54) is 4.88 Å². The van der Waals surface area contributed by atoms with Crippen molar-refractivity contribution >= 4 is 27.4 Å². The van der Waals surface area contributed by atoms with Gasteiger partial charge in [0, 0.05) is 30.6 Å². The Hall–Kier alpha value is -1.16. The van der Waals surface area contributed by atoms with E-state index in [0.29, 0.717) is 19.5 Å². The molecule has 1 fully saturated rings. The minimum Gasteiger partial charge on any atom is -0.336 e. The molecule has 0 aliphatic carbocycles. The van der Waals surface area contributed by atoms with Gasteiger partial charge in [-0.1, -0.05) is 6.07 Å². The van der Waals surface area contributed by atoms with Crippen molar-refractivity contribution in [1.29, 1.82) is 0 Å². The van der Waals surface area contributed by atoms with Crippen LogP contribution in [0.1, 0.15) is 36.6 Å². The molecule has 0 bridgehead atoms. The number of rotatable bonds is 8. The zero-order valence-electron chi connectivity index (χ0n) is 15.8. The molecule has 1 aromatic heterocycles. The van der Waals surface area contributed by atoms with E-state index < -0.39 is 10.0 Å². The SMILES string of the molecule is CN(C)[C@H](CNC(=O)N1CCCC[C@H]1CCNS(C)(=O)=O)c1cccs1. The van der Waals surface area contributed by atoms with Gasteiger partial charge in [-0.25, -0.2) is 17.9 Å². The van der Waals surface area contributed by atoms with Gasteiger partial charge in [0.1, 0.15) is 0 Å². The number of nitrogens with zero attached hydrogens (tertiary/aromatic N) is 2. The standard InChI is InChI=1S/C17H30N4O3S2/c1-20(2)15(16-8-6-12-25-16)13-18-17(22)21-11-5-4-7-14(21)9-10-19-26(3,23)24/h6,8,12,14-15,19H,4-5,7,9-11,13H2,1-3H3,(H,18,22)/t14-,15+/m0/s1. The Morgan fingerprint density at radius 3 is 2.81 bits per heavy atom. The zero-order chi connectivity index (χ0) is 19.2. The smallest absolute Gasteiger partial charge is 0.317 e. The van der Waals surface area contributed by atoms with Gasteiger partial charge in [-0.05, 0) is 51.2 Å². The predicted octanol–water partition coefficient (Wildman–Crippen LogP) is 1.85. The maximum Gasteiger partial charge on any atom is 0.317 e. The number of hydrogen-bond acceptors (Lipinski definition) is 5. The van der Waals surface area contributed by atoms with Crippen LogP contribution >= 0.6 is 11.3 Å². The van der Waals surface area contributed by atoms with Crippen LogP contribution in [0.15, 0.2) is 17.5 Å². The molecule has 2 atom stereocenters. The van der Waals surface area contributed by atoms with Crippen molar-refractivity contribution in [2.45, 2.75) is 37.8 Å². The average Bonchev–Trinajstić information content (AvgIpc) is 3.08. The molecule has 1 aromatic rings. The second kappa shape index (κ2) is 9.68. The number of likely N-dealkylation sites (N-methyl/N-ethyl adjacent to an activating group) is 1. The molecule has 2 N–H and O–H groups in total. The van der Waals surface area contributed by atoms with Gasteiger partial charge in [-0.15, -0.1) is 11.3 Å². The van der Waals surface area contributed by atoms with E-state index in [1.807, 2.05) is 30.4 Å². The van der Waals surface area contributed by atoms with Gasteiger partial charge in [-0.3, -0.25) is 0 Å². The highest BCUT2D eigenvalue weighted by molar-refractivity contribution is 7.88. The first kappa shape index (κ1) is 21.1. The summed E-state index contributed by atoms with van der Waals surface area (Å²) in [5.41, 5.74) is 0. The third-order valence-corrected chi connectivity index (χ3v) is 6.37. The molecular formula is C17H30N4O3S2. The fourth-order valence-electron chi connectivity index (χ4n) is 3.28. The summed E-state index contributed by atoms with van der Waals surface area (Å²) in [6.45, 7) is 1.64. The minimum absolute atomic E-state index is 0.0579. The molecule has 9 heteroatoms. The molecule has 0 unspecified atom stereocenters. The molecule has 2 heterocycles. The Morgan fingerprint density at radius 1 is 1.42 bits per heavy atom. The van der Waals surface area contributed by atoms with Crippen molar-refractivity contribution in [2.24, 2.45) is 0 Å². The molecule has 0 radical (unpaired) electrons. The van der Waals surface area contributed by atoms with E-state index in [1.54, 1.807) is 11.3 Å². The number of carbonyl (C=O) groups excluding carboxylic acids is 1. The Balaban J connectivity index is 1.90. The number of amides is 2. The number of hydrogen-bond donors (Lipinski definition) is 2. The fourth-order valence-corrected chi connectivity index (χ4v) is 4.69. The Bertz CT molecular complexity index is 662. The fraction of sp³-hybridized carbons (Fsp3) is 0.706. The third kappa shape index (κ3) is 6.53. The first-order valence-corrected chi connectivity index (χ1v) is 11.7. The first-order chi connectivity index (χ1) is 12.3. The van der Waals surface area contributed by atoms with E-state index in [2.05, 4.69) is 21.0 Å². The van der Waals surface area contributed by atoms with Crippen molar-refractivity contribution < 1.29 is 13.2 Å². The van der Waals surface area contributed by atoms with Crippen molar-refractivity contribution in [3.8, 4) is 0 Å². The van der Waals surface area contributed by atoms with Crippen LogP contribution in [0.4, 0.5) is 4.79 Å². The molecule has 0 spiro atoms. The van der Waals surface area contributed by atoms with E-state index >= 15 is 0 Å². The number of carbonyl (C=O) groups is 1. The maximum atomic E-state index is 12.7. The van der Waals surface area contributed by atoms with Crippen molar-refractivity contribution in [2.75, 3.05) is 40.0 Å². The van der Waals surface area contributed by atoms with Crippen LogP contribution in [0.25, 0.3) is 0 Å². The second-order valence-electron chi connectivity index (χ2n) is 6.98. The lowest BCUT2D eigenvalue weighted by Crippen LogP contribution is -2.50. The summed E-state index contributed by atoms with van der Waals surface area (Å²) in [4.78, 5) is 17.9. The number of sulfonamides is 1. The Kier molecular flexibility index (Phi) is 7.87.